The molecule has 0 radical (unpaired) electrons. The highest BCUT2D eigenvalue weighted by molar-refractivity contribution is 5.68. The minimum Gasteiger partial charge on any atom is -0.444 e. The van der Waals surface area contributed by atoms with Crippen molar-refractivity contribution in [2.24, 2.45) is 5.92 Å². The molecule has 3 atom stereocenters. The monoisotopic (exact) mass is 320 g/mol. The summed E-state index contributed by atoms with van der Waals surface area (Å²) in [5.74, 6) is 0.0219. The molecular weight excluding hydrogens is 292 g/mol. The number of carbonyl (C=O) groups is 1. The van der Waals surface area contributed by atoms with E-state index in [-0.39, 0.29) is 24.6 Å². The van der Waals surface area contributed by atoms with Gasteiger partial charge >= 0.3 is 6.09 Å². The molecule has 0 aliphatic carbocycles. The lowest BCUT2D eigenvalue weighted by Gasteiger charge is -2.25. The molecular formula is C18H28N2O3. The fraction of sp³-hybridized carbons (Fsp3) is 0.611. The number of carbonyl (C=O) groups excluding carboxylic acids is 1. The van der Waals surface area contributed by atoms with Gasteiger partial charge in [0.15, 0.2) is 0 Å². The van der Waals surface area contributed by atoms with Gasteiger partial charge in [-0.05, 0) is 33.3 Å². The van der Waals surface area contributed by atoms with E-state index in [1.807, 2.05) is 39.0 Å². The molecule has 1 aliphatic rings. The van der Waals surface area contributed by atoms with E-state index in [0.29, 0.717) is 6.54 Å². The number of aliphatic hydroxyl groups is 1. The van der Waals surface area contributed by atoms with Gasteiger partial charge in [-0.2, -0.15) is 0 Å². The Labute approximate surface area is 138 Å². The van der Waals surface area contributed by atoms with Gasteiger partial charge < -0.3 is 15.2 Å². The second-order valence-corrected chi connectivity index (χ2v) is 7.24. The molecule has 0 aromatic heterocycles. The molecule has 2 N–H and O–H groups in total. The molecule has 1 fully saturated rings. The lowest BCUT2D eigenvalue weighted by Crippen LogP contribution is -2.44. The number of nitrogens with zero attached hydrogens (tertiary/aromatic N) is 1. The molecule has 2 rings (SSSR count). The Hall–Kier alpha value is -1.59. The molecule has 1 aliphatic heterocycles. The number of hydrogen-bond acceptors (Lipinski definition) is 4. The first-order chi connectivity index (χ1) is 10.8. The largest absolute Gasteiger partial charge is 0.444 e. The average molecular weight is 320 g/mol. The molecule has 23 heavy (non-hydrogen) atoms. The van der Waals surface area contributed by atoms with Gasteiger partial charge in [0, 0.05) is 31.7 Å². The number of hydrogen-bond donors (Lipinski definition) is 2. The predicted molar refractivity (Wildman–Crippen MR) is 90.2 cm³/mol. The van der Waals surface area contributed by atoms with Crippen molar-refractivity contribution in [3.8, 4) is 0 Å². The van der Waals surface area contributed by atoms with Crippen LogP contribution in [0.1, 0.15) is 39.3 Å². The molecule has 1 aromatic carbocycles. The highest BCUT2D eigenvalue weighted by atomic mass is 16.6. The van der Waals surface area contributed by atoms with Crippen molar-refractivity contribution >= 4 is 6.09 Å². The summed E-state index contributed by atoms with van der Waals surface area (Å²) < 4.78 is 5.32. The van der Waals surface area contributed by atoms with Crippen LogP contribution in [-0.2, 0) is 4.74 Å². The van der Waals surface area contributed by atoms with Crippen LogP contribution in [0.5, 0.6) is 0 Å². The van der Waals surface area contributed by atoms with Gasteiger partial charge in [0.25, 0.3) is 0 Å². The van der Waals surface area contributed by atoms with Gasteiger partial charge in [0.2, 0.25) is 0 Å². The van der Waals surface area contributed by atoms with Crippen LogP contribution in [0.3, 0.4) is 0 Å². The van der Waals surface area contributed by atoms with E-state index in [4.69, 9.17) is 4.74 Å². The third-order valence-corrected chi connectivity index (χ3v) is 4.24. The summed E-state index contributed by atoms with van der Waals surface area (Å²) in [4.78, 5) is 14.3. The summed E-state index contributed by atoms with van der Waals surface area (Å²) in [7, 11) is 0. The smallest absolute Gasteiger partial charge is 0.407 e. The van der Waals surface area contributed by atoms with Crippen LogP contribution in [0.4, 0.5) is 4.79 Å². The third-order valence-electron chi connectivity index (χ3n) is 4.24. The quantitative estimate of drug-likeness (QED) is 0.895. The number of likely N-dealkylation sites (tertiary alicyclic amines) is 1. The SMILES string of the molecule is C[C@@H](c1ccccc1)N1C[C@H](CO)[C@@H](NC(=O)OC(C)(C)C)C1. The van der Waals surface area contributed by atoms with Crippen molar-refractivity contribution in [1.29, 1.82) is 0 Å². The van der Waals surface area contributed by atoms with E-state index >= 15 is 0 Å². The zero-order valence-electron chi connectivity index (χ0n) is 14.5. The van der Waals surface area contributed by atoms with Crippen LogP contribution in [-0.4, -0.2) is 47.4 Å². The van der Waals surface area contributed by atoms with Gasteiger partial charge in [-0.3, -0.25) is 4.90 Å². The minimum absolute atomic E-state index is 0.0219. The number of ether oxygens (including phenoxy) is 1. The van der Waals surface area contributed by atoms with Gasteiger partial charge in [0.1, 0.15) is 5.60 Å². The second kappa shape index (κ2) is 7.32. The molecule has 5 heteroatoms. The Balaban J connectivity index is 1.98. The standard InChI is InChI=1S/C18H28N2O3/c1-13(14-8-6-5-7-9-14)20-10-15(12-21)16(11-20)19-17(22)23-18(2,3)4/h5-9,13,15-16,21H,10-12H2,1-4H3,(H,19,22)/t13-,15+,16-/m0/s1. The van der Waals surface area contributed by atoms with Crippen LogP contribution >= 0.6 is 0 Å². The third kappa shape index (κ3) is 4.94. The van der Waals surface area contributed by atoms with Gasteiger partial charge in [0.05, 0.1) is 6.04 Å². The first-order valence-corrected chi connectivity index (χ1v) is 8.19. The normalized spacial score (nSPS) is 23.5. The fourth-order valence-electron chi connectivity index (χ4n) is 2.97. The summed E-state index contributed by atoms with van der Waals surface area (Å²) in [5, 5.41) is 12.5. The Morgan fingerprint density at radius 3 is 2.57 bits per heavy atom. The summed E-state index contributed by atoms with van der Waals surface area (Å²) in [5.41, 5.74) is 0.719. The maximum absolute atomic E-state index is 12.0. The first kappa shape index (κ1) is 17.8. The summed E-state index contributed by atoms with van der Waals surface area (Å²) in [6.45, 7) is 9.20. The molecule has 1 amide bonds. The van der Waals surface area contributed by atoms with Crippen LogP contribution in [0.15, 0.2) is 30.3 Å². The van der Waals surface area contributed by atoms with E-state index in [1.165, 1.54) is 5.56 Å². The van der Waals surface area contributed by atoms with E-state index in [0.717, 1.165) is 6.54 Å². The summed E-state index contributed by atoms with van der Waals surface area (Å²) >= 11 is 0. The Kier molecular flexibility index (Phi) is 5.65. The van der Waals surface area contributed by atoms with Crippen molar-refractivity contribution in [1.82, 2.24) is 10.2 Å². The molecule has 1 aromatic rings. The Bertz CT molecular complexity index is 513. The molecule has 0 saturated carbocycles. The number of aliphatic hydroxyl groups excluding tert-OH is 1. The topological polar surface area (TPSA) is 61.8 Å². The number of rotatable bonds is 4. The highest BCUT2D eigenvalue weighted by Gasteiger charge is 2.36. The zero-order chi connectivity index (χ0) is 17.0. The number of benzene rings is 1. The first-order valence-electron chi connectivity index (χ1n) is 8.19. The number of alkyl carbamates (subject to hydrolysis) is 1. The number of nitrogens with one attached hydrogen (secondary N) is 1. The van der Waals surface area contributed by atoms with Crippen molar-refractivity contribution in [2.75, 3.05) is 19.7 Å². The molecule has 0 bridgehead atoms. The van der Waals surface area contributed by atoms with Crippen LogP contribution in [0, 0.1) is 5.92 Å². The Morgan fingerprint density at radius 1 is 1.35 bits per heavy atom. The van der Waals surface area contributed by atoms with E-state index in [2.05, 4.69) is 29.3 Å². The molecule has 0 unspecified atom stereocenters. The van der Waals surface area contributed by atoms with Crippen molar-refractivity contribution in [3.63, 3.8) is 0 Å². The van der Waals surface area contributed by atoms with E-state index in [1.54, 1.807) is 0 Å². The van der Waals surface area contributed by atoms with Gasteiger partial charge in [-0.15, -0.1) is 0 Å². The van der Waals surface area contributed by atoms with Crippen LogP contribution < -0.4 is 5.32 Å². The second-order valence-electron chi connectivity index (χ2n) is 7.24. The van der Waals surface area contributed by atoms with E-state index < -0.39 is 11.7 Å². The van der Waals surface area contributed by atoms with Crippen molar-refractivity contribution in [3.05, 3.63) is 35.9 Å². The van der Waals surface area contributed by atoms with Crippen LogP contribution in [0.2, 0.25) is 0 Å². The summed E-state index contributed by atoms with van der Waals surface area (Å²) in [6, 6.07) is 10.4. The minimum atomic E-state index is -0.519. The summed E-state index contributed by atoms with van der Waals surface area (Å²) in [6.07, 6.45) is -0.421. The average Bonchev–Trinajstić information content (AvgIpc) is 2.88. The van der Waals surface area contributed by atoms with Crippen LogP contribution in [0.25, 0.3) is 0 Å². The van der Waals surface area contributed by atoms with Crippen molar-refractivity contribution in [2.45, 2.75) is 45.4 Å². The lowest BCUT2D eigenvalue weighted by molar-refractivity contribution is 0.0487. The fourth-order valence-corrected chi connectivity index (χ4v) is 2.97. The predicted octanol–water partition coefficient (Wildman–Crippen LogP) is 2.57. The maximum atomic E-state index is 12.0. The Morgan fingerprint density at radius 2 is 2.00 bits per heavy atom. The van der Waals surface area contributed by atoms with E-state index in [9.17, 15) is 9.90 Å². The molecule has 1 saturated heterocycles. The molecule has 0 spiro atoms. The van der Waals surface area contributed by atoms with Crippen molar-refractivity contribution < 1.29 is 14.6 Å². The maximum Gasteiger partial charge on any atom is 0.407 e. The van der Waals surface area contributed by atoms with Gasteiger partial charge in [-0.1, -0.05) is 30.3 Å². The highest BCUT2D eigenvalue weighted by Crippen LogP contribution is 2.27. The lowest BCUT2D eigenvalue weighted by atomic mass is 10.1. The van der Waals surface area contributed by atoms with Gasteiger partial charge in [-0.25, -0.2) is 4.79 Å². The number of amides is 1. The molecule has 5 nitrogen and oxygen atoms in total. The molecule has 128 valence electrons. The molecule has 1 heterocycles. The zero-order valence-corrected chi connectivity index (χ0v) is 14.5.